The van der Waals surface area contributed by atoms with E-state index in [0.29, 0.717) is 10.1 Å². The van der Waals surface area contributed by atoms with Crippen LogP contribution in [0.15, 0.2) is 12.1 Å². The van der Waals surface area contributed by atoms with Gasteiger partial charge in [-0.3, -0.25) is 0 Å². The fourth-order valence-electron chi connectivity index (χ4n) is 3.35. The van der Waals surface area contributed by atoms with Crippen LogP contribution in [-0.2, 0) is 0 Å². The van der Waals surface area contributed by atoms with Crippen molar-refractivity contribution in [3.05, 3.63) is 28.8 Å². The monoisotopic (exact) mass is 412 g/mol. The van der Waals surface area contributed by atoms with Crippen LogP contribution < -0.4 is 24.0 Å². The maximum Gasteiger partial charge on any atom is 1.00 e. The zero-order valence-corrected chi connectivity index (χ0v) is 24.2. The van der Waals surface area contributed by atoms with Gasteiger partial charge < -0.3 is 8.61 Å². The molecule has 1 rings (SSSR count). The second kappa shape index (κ2) is 8.59. The normalized spacial score (nSPS) is 13.3. The van der Waals surface area contributed by atoms with Crippen LogP contribution in [0.1, 0.15) is 58.2 Å². The van der Waals surface area contributed by atoms with Gasteiger partial charge in [0, 0.05) is 15.2 Å². The summed E-state index contributed by atoms with van der Waals surface area (Å²) in [6, 6.07) is 4.82. The van der Waals surface area contributed by atoms with E-state index in [1.165, 1.54) is 16.7 Å². The van der Waals surface area contributed by atoms with Crippen LogP contribution in [0.4, 0.5) is 0 Å². The third-order valence-electron chi connectivity index (χ3n) is 6.93. The molecule has 142 valence electrons. The van der Waals surface area contributed by atoms with Crippen LogP contribution in [-0.4, -0.2) is 30.7 Å². The van der Waals surface area contributed by atoms with Crippen LogP contribution in [0.25, 0.3) is 0 Å². The molecule has 0 fully saturated rings. The first kappa shape index (κ1) is 26.7. The first-order chi connectivity index (χ1) is 10.9. The van der Waals surface area contributed by atoms with Crippen LogP contribution in [0.5, 0.6) is 0 Å². The molecule has 0 saturated heterocycles. The van der Waals surface area contributed by atoms with Crippen molar-refractivity contribution in [3.8, 4) is 0 Å². The van der Waals surface area contributed by atoms with E-state index in [0.717, 1.165) is 8.61 Å². The van der Waals surface area contributed by atoms with Crippen LogP contribution in [0.2, 0.25) is 36.3 Å². The third kappa shape index (κ3) is 5.39. The third-order valence-corrected chi connectivity index (χ3v) is 56.5. The molecular weight excluding hydrogens is 372 g/mol. The van der Waals surface area contributed by atoms with Gasteiger partial charge in [0.15, 0.2) is 0 Å². The minimum Gasteiger partial charge on any atom is -0.426 e. The Kier molecular flexibility index (Phi) is 8.82. The predicted molar refractivity (Wildman–Crippen MR) is 126 cm³/mol. The van der Waals surface area contributed by atoms with E-state index in [1.807, 2.05) is 0 Å². The summed E-state index contributed by atoms with van der Waals surface area (Å²) >= 11 is 0. The molecule has 0 aliphatic carbocycles. The molecule has 0 amide bonds. The molecule has 0 saturated carbocycles. The van der Waals surface area contributed by atoms with E-state index in [2.05, 4.69) is 101 Å². The SMILES string of the molecule is Cc1cc(C)c([Si-]=[Si]([Si](C)(C)C(C)(C)C)[Si](C)(C)C(C)(C)C)c(C)c1.[Li+]. The zero-order chi connectivity index (χ0) is 20.0. The van der Waals surface area contributed by atoms with Crippen molar-refractivity contribution in [2.45, 2.75) is 98.6 Å². The summed E-state index contributed by atoms with van der Waals surface area (Å²) < 4.78 is 0. The molecule has 1 aromatic rings. The Labute approximate surface area is 181 Å². The maximum atomic E-state index is 2.72. The van der Waals surface area contributed by atoms with E-state index >= 15 is 0 Å². The molecule has 0 unspecified atom stereocenters. The van der Waals surface area contributed by atoms with Crippen molar-refractivity contribution in [2.24, 2.45) is 0 Å². The fraction of sp³-hybridized carbons (Fsp3) is 0.714. The first-order valence-electron chi connectivity index (χ1n) is 9.65. The van der Waals surface area contributed by atoms with Crippen LogP contribution >= 0.6 is 0 Å². The first-order valence-corrected chi connectivity index (χ1v) is 21.2. The molecule has 5 heteroatoms. The van der Waals surface area contributed by atoms with E-state index in [9.17, 15) is 0 Å². The average molecular weight is 413 g/mol. The largest absolute Gasteiger partial charge is 1.00 e. The Morgan fingerprint density at radius 2 is 1.04 bits per heavy atom. The number of aryl methyl sites for hydroxylation is 3. The molecule has 0 aliphatic heterocycles. The van der Waals surface area contributed by atoms with Gasteiger partial charge in [0.25, 0.3) is 0 Å². The molecule has 0 radical (unpaired) electrons. The van der Waals surface area contributed by atoms with Gasteiger partial charge in [0.1, 0.15) is 0 Å². The number of hydrogen-bond acceptors (Lipinski definition) is 0. The van der Waals surface area contributed by atoms with Gasteiger partial charge >= 0.3 is 18.9 Å². The Morgan fingerprint density at radius 1 is 0.731 bits per heavy atom. The summed E-state index contributed by atoms with van der Waals surface area (Å²) in [5.74, 6) is 0. The standard InChI is InChI=1S/C21H41Si4.Li/c1-16-14-17(2)19(18(3)15-16)22-23(24(10,11)20(4,5)6)25(12,13)21(7,8)9;/h14-15H,1-13H3;/q-1;+1. The number of benzene rings is 1. The molecular formula is C21H41LiSi4. The zero-order valence-electron chi connectivity index (χ0n) is 20.2. The summed E-state index contributed by atoms with van der Waals surface area (Å²) in [5.41, 5.74) is 4.49. The molecule has 0 nitrogen and oxygen atoms in total. The van der Waals surface area contributed by atoms with Crippen LogP contribution in [0.3, 0.4) is 0 Å². The van der Waals surface area contributed by atoms with E-state index < -0.39 is 22.1 Å². The molecule has 0 atom stereocenters. The maximum absolute atomic E-state index is 2.72. The van der Waals surface area contributed by atoms with Gasteiger partial charge in [-0.1, -0.05) is 96.6 Å². The fourth-order valence-corrected chi connectivity index (χ4v) is 56.3. The van der Waals surface area contributed by atoms with Crippen molar-refractivity contribution in [2.75, 3.05) is 0 Å². The second-order valence-electron chi connectivity index (χ2n) is 11.0. The summed E-state index contributed by atoms with van der Waals surface area (Å²) in [5, 5.41) is 2.67. The van der Waals surface area contributed by atoms with E-state index in [-0.39, 0.29) is 18.9 Å². The summed E-state index contributed by atoms with van der Waals surface area (Å²) in [7, 11) is -1.63. The van der Waals surface area contributed by atoms with Gasteiger partial charge in [-0.2, -0.15) is 0 Å². The van der Waals surface area contributed by atoms with Gasteiger partial charge in [-0.15, -0.1) is 0 Å². The average Bonchev–Trinajstić information content (AvgIpc) is 2.33. The quantitative estimate of drug-likeness (QED) is 0.669. The van der Waals surface area contributed by atoms with E-state index in [4.69, 9.17) is 0 Å². The molecule has 0 spiro atoms. The molecule has 26 heavy (non-hydrogen) atoms. The van der Waals surface area contributed by atoms with Gasteiger partial charge in [-0.05, 0) is 30.8 Å². The molecule has 0 aromatic heterocycles. The minimum absolute atomic E-state index is 0. The molecule has 1 aromatic carbocycles. The Balaban J connectivity index is 0.00000625. The van der Waals surface area contributed by atoms with Crippen molar-refractivity contribution in [3.63, 3.8) is 0 Å². The van der Waals surface area contributed by atoms with Crippen molar-refractivity contribution in [1.82, 2.24) is 0 Å². The summed E-state index contributed by atoms with van der Waals surface area (Å²) in [4.78, 5) is 0. The predicted octanol–water partition coefficient (Wildman–Crippen LogP) is 3.11. The van der Waals surface area contributed by atoms with Crippen molar-refractivity contribution >= 4 is 35.9 Å². The van der Waals surface area contributed by atoms with Gasteiger partial charge in [0.2, 0.25) is 0 Å². The number of hydrogen-bond donors (Lipinski definition) is 0. The summed E-state index contributed by atoms with van der Waals surface area (Å²) in [6.07, 6.45) is 0. The second-order valence-corrected chi connectivity index (χ2v) is 39.3. The summed E-state index contributed by atoms with van der Waals surface area (Å²) in [6.45, 7) is 32.5. The minimum atomic E-state index is -1.35. The molecule has 0 heterocycles. The van der Waals surface area contributed by atoms with E-state index in [1.54, 1.807) is 5.19 Å². The number of rotatable bonds is 3. The molecule has 0 aliphatic rings. The molecule has 0 N–H and O–H groups in total. The van der Waals surface area contributed by atoms with Gasteiger partial charge in [0.05, 0.1) is 0 Å². The van der Waals surface area contributed by atoms with Crippen molar-refractivity contribution < 1.29 is 18.9 Å². The van der Waals surface area contributed by atoms with Crippen LogP contribution in [0, 0.1) is 20.8 Å². The Bertz CT molecular complexity index is 623. The topological polar surface area (TPSA) is 0 Å². The molecule has 0 bridgehead atoms. The Morgan fingerprint density at radius 3 is 1.31 bits per heavy atom. The van der Waals surface area contributed by atoms with Crippen molar-refractivity contribution in [1.29, 1.82) is 0 Å². The Hall–Kier alpha value is 0.685. The smallest absolute Gasteiger partial charge is 0.426 e. The van der Waals surface area contributed by atoms with Gasteiger partial charge in [-0.25, -0.2) is 12.1 Å².